The van der Waals surface area contributed by atoms with Crippen molar-refractivity contribution >= 4 is 23.0 Å². The fourth-order valence-corrected chi connectivity index (χ4v) is 3.80. The Labute approximate surface area is 174 Å². The van der Waals surface area contributed by atoms with Crippen LogP contribution in [-0.4, -0.2) is 37.5 Å². The summed E-state index contributed by atoms with van der Waals surface area (Å²) in [5.41, 5.74) is 11.7. The highest BCUT2D eigenvalue weighted by Crippen LogP contribution is 2.32. The summed E-state index contributed by atoms with van der Waals surface area (Å²) in [4.78, 5) is 12.7. The van der Waals surface area contributed by atoms with Crippen molar-refractivity contribution < 1.29 is 14.3 Å². The van der Waals surface area contributed by atoms with E-state index < -0.39 is 0 Å². The van der Waals surface area contributed by atoms with Crippen molar-refractivity contribution in [1.29, 1.82) is 0 Å². The molecule has 0 bridgehead atoms. The topological polar surface area (TPSA) is 88.9 Å². The quantitative estimate of drug-likeness (QED) is 0.431. The summed E-state index contributed by atoms with van der Waals surface area (Å²) in [6, 6.07) is 13.6. The van der Waals surface area contributed by atoms with Crippen molar-refractivity contribution in [2.45, 2.75) is 6.04 Å². The van der Waals surface area contributed by atoms with Crippen molar-refractivity contribution in [1.82, 2.24) is 20.8 Å². The van der Waals surface area contributed by atoms with Crippen molar-refractivity contribution in [3.63, 3.8) is 0 Å². The number of aromatic nitrogens is 1. The normalized spacial score (nSPS) is 18.8. The Morgan fingerprint density at radius 3 is 2.80 bits per heavy atom. The lowest BCUT2D eigenvalue weighted by Gasteiger charge is -2.17. The van der Waals surface area contributed by atoms with E-state index in [9.17, 15) is 4.79 Å². The van der Waals surface area contributed by atoms with E-state index >= 15 is 0 Å². The minimum absolute atomic E-state index is 0.0111. The monoisotopic (exact) mass is 407 g/mol. The Morgan fingerprint density at radius 2 is 2.00 bits per heavy atom. The third-order valence-electron chi connectivity index (χ3n) is 5.36. The van der Waals surface area contributed by atoms with Gasteiger partial charge in [-0.1, -0.05) is 24.3 Å². The van der Waals surface area contributed by atoms with Gasteiger partial charge in [0.2, 0.25) is 0 Å². The Kier molecular flexibility index (Phi) is 5.69. The summed E-state index contributed by atoms with van der Waals surface area (Å²) in [6.45, 7) is 0.687. The molecule has 2 aromatic carbocycles. The lowest BCUT2D eigenvalue weighted by Crippen LogP contribution is -2.25. The van der Waals surface area contributed by atoms with Crippen molar-refractivity contribution in [2.24, 2.45) is 18.1 Å². The largest absolute Gasteiger partial charge is 0.493 e. The van der Waals surface area contributed by atoms with E-state index in [2.05, 4.69) is 21.4 Å². The SMILES string of the molecule is COc1ccc(C2NNCC2/C=N/NC(=O)c2cn(C)c3ccccc23)cc1OC. The molecule has 8 heteroatoms. The zero-order valence-corrected chi connectivity index (χ0v) is 17.2. The summed E-state index contributed by atoms with van der Waals surface area (Å²) in [6.07, 6.45) is 3.58. The molecule has 3 aromatic rings. The molecule has 0 spiro atoms. The van der Waals surface area contributed by atoms with Crippen LogP contribution in [0.3, 0.4) is 0 Å². The first-order chi connectivity index (χ1) is 14.6. The van der Waals surface area contributed by atoms with Crippen molar-refractivity contribution in [3.8, 4) is 11.5 Å². The second-order valence-electron chi connectivity index (χ2n) is 7.17. The van der Waals surface area contributed by atoms with Gasteiger partial charge in [-0.2, -0.15) is 5.10 Å². The molecule has 2 atom stereocenters. The summed E-state index contributed by atoms with van der Waals surface area (Å²) < 4.78 is 12.7. The van der Waals surface area contributed by atoms with Gasteiger partial charge in [0.05, 0.1) is 25.8 Å². The lowest BCUT2D eigenvalue weighted by atomic mass is 9.95. The van der Waals surface area contributed by atoms with Crippen LogP contribution in [0.1, 0.15) is 22.0 Å². The molecule has 30 heavy (non-hydrogen) atoms. The lowest BCUT2D eigenvalue weighted by molar-refractivity contribution is 0.0956. The first-order valence-electron chi connectivity index (χ1n) is 9.70. The number of hydrogen-bond acceptors (Lipinski definition) is 6. The molecular weight excluding hydrogens is 382 g/mol. The zero-order chi connectivity index (χ0) is 21.1. The van der Waals surface area contributed by atoms with Gasteiger partial charge >= 0.3 is 0 Å². The third kappa shape index (κ3) is 3.74. The standard InChI is InChI=1S/C22H25N5O3/c1-27-13-17(16-6-4-5-7-18(16)27)22(28)26-24-12-15-11-23-25-21(15)14-8-9-19(29-2)20(10-14)30-3/h4-10,12-13,15,21,23,25H,11H2,1-3H3,(H,26,28)/b24-12+. The van der Waals surface area contributed by atoms with E-state index in [1.165, 1.54) is 0 Å². The fourth-order valence-electron chi connectivity index (χ4n) is 3.80. The summed E-state index contributed by atoms with van der Waals surface area (Å²) in [5.74, 6) is 1.17. The molecule has 1 aromatic heterocycles. The van der Waals surface area contributed by atoms with Crippen LogP contribution in [0.15, 0.2) is 53.8 Å². The Morgan fingerprint density at radius 1 is 1.20 bits per heavy atom. The first-order valence-corrected chi connectivity index (χ1v) is 9.70. The first kappa shape index (κ1) is 19.9. The van der Waals surface area contributed by atoms with Gasteiger partial charge in [-0.05, 0) is 23.8 Å². The Balaban J connectivity index is 1.47. The number of nitrogens with one attached hydrogen (secondary N) is 3. The van der Waals surface area contributed by atoms with Gasteiger partial charge in [0, 0.05) is 42.8 Å². The van der Waals surface area contributed by atoms with Crippen LogP contribution < -0.4 is 25.8 Å². The molecule has 156 valence electrons. The molecule has 1 amide bonds. The van der Waals surface area contributed by atoms with E-state index in [0.717, 1.165) is 16.5 Å². The molecule has 8 nitrogen and oxygen atoms in total. The van der Waals surface area contributed by atoms with Crippen LogP contribution >= 0.6 is 0 Å². The number of hydrazine groups is 1. The number of methoxy groups -OCH3 is 2. The van der Waals surface area contributed by atoms with Crippen LogP contribution in [-0.2, 0) is 7.05 Å². The predicted molar refractivity (Wildman–Crippen MR) is 116 cm³/mol. The Bertz CT molecular complexity index is 1090. The van der Waals surface area contributed by atoms with Gasteiger partial charge in [-0.15, -0.1) is 0 Å². The van der Waals surface area contributed by atoms with Crippen LogP contribution in [0.5, 0.6) is 11.5 Å². The maximum Gasteiger partial charge on any atom is 0.273 e. The van der Waals surface area contributed by atoms with Crippen LogP contribution in [0.25, 0.3) is 10.9 Å². The number of fused-ring (bicyclic) bond motifs is 1. The second kappa shape index (κ2) is 8.56. The molecule has 1 fully saturated rings. The number of ether oxygens (including phenoxy) is 2. The summed E-state index contributed by atoms with van der Waals surface area (Å²) in [5, 5.41) is 5.13. The number of carbonyl (C=O) groups excluding carboxylic acids is 1. The van der Waals surface area contributed by atoms with Crippen LogP contribution in [0, 0.1) is 5.92 Å². The van der Waals surface area contributed by atoms with Gasteiger partial charge in [0.1, 0.15) is 0 Å². The number of hydrazone groups is 1. The molecule has 0 aliphatic carbocycles. The highest BCUT2D eigenvalue weighted by Gasteiger charge is 2.28. The number of amides is 1. The smallest absolute Gasteiger partial charge is 0.273 e. The highest BCUT2D eigenvalue weighted by molar-refractivity contribution is 6.07. The molecule has 2 unspecified atom stereocenters. The number of rotatable bonds is 6. The molecule has 0 saturated carbocycles. The molecule has 4 rings (SSSR count). The fraction of sp³-hybridized carbons (Fsp3) is 0.273. The van der Waals surface area contributed by atoms with Gasteiger partial charge in [0.15, 0.2) is 11.5 Å². The van der Waals surface area contributed by atoms with Gasteiger partial charge < -0.3 is 14.0 Å². The highest BCUT2D eigenvalue weighted by atomic mass is 16.5. The zero-order valence-electron chi connectivity index (χ0n) is 17.2. The van der Waals surface area contributed by atoms with E-state index in [0.29, 0.717) is 23.6 Å². The number of aryl methyl sites for hydroxylation is 1. The van der Waals surface area contributed by atoms with Crippen molar-refractivity contribution in [2.75, 3.05) is 20.8 Å². The number of para-hydroxylation sites is 1. The third-order valence-corrected chi connectivity index (χ3v) is 5.36. The van der Waals surface area contributed by atoms with E-state index in [-0.39, 0.29) is 17.9 Å². The van der Waals surface area contributed by atoms with Crippen LogP contribution in [0.4, 0.5) is 0 Å². The van der Waals surface area contributed by atoms with Gasteiger partial charge in [-0.3, -0.25) is 10.2 Å². The molecule has 1 aliphatic heterocycles. The van der Waals surface area contributed by atoms with Crippen LogP contribution in [0.2, 0.25) is 0 Å². The summed E-state index contributed by atoms with van der Waals surface area (Å²) >= 11 is 0. The maximum atomic E-state index is 12.7. The predicted octanol–water partition coefficient (Wildman–Crippen LogP) is 2.38. The number of carbonyl (C=O) groups is 1. The number of nitrogens with zero attached hydrogens (tertiary/aromatic N) is 2. The maximum absolute atomic E-state index is 12.7. The molecule has 1 saturated heterocycles. The average molecular weight is 407 g/mol. The number of benzene rings is 2. The van der Waals surface area contributed by atoms with Gasteiger partial charge in [0.25, 0.3) is 5.91 Å². The van der Waals surface area contributed by atoms with Gasteiger partial charge in [-0.25, -0.2) is 10.9 Å². The van der Waals surface area contributed by atoms with E-state index in [1.807, 2.05) is 60.3 Å². The van der Waals surface area contributed by atoms with E-state index in [4.69, 9.17) is 9.47 Å². The van der Waals surface area contributed by atoms with Crippen molar-refractivity contribution in [3.05, 3.63) is 59.8 Å². The molecule has 2 heterocycles. The average Bonchev–Trinajstić information content (AvgIpc) is 3.38. The minimum Gasteiger partial charge on any atom is -0.493 e. The van der Waals surface area contributed by atoms with E-state index in [1.54, 1.807) is 20.4 Å². The number of hydrogen-bond donors (Lipinski definition) is 3. The minimum atomic E-state index is -0.232. The molecular formula is C22H25N5O3. The molecule has 0 radical (unpaired) electrons. The molecule has 3 N–H and O–H groups in total. The second-order valence-corrected chi connectivity index (χ2v) is 7.17. The Hall–Kier alpha value is -3.36. The summed E-state index contributed by atoms with van der Waals surface area (Å²) in [7, 11) is 5.15. The molecule has 1 aliphatic rings.